The average Bonchev–Trinajstić information content (AvgIpc) is 3.58. The van der Waals surface area contributed by atoms with Crippen LogP contribution in [0.1, 0.15) is 27.7 Å². The molecular formula is C44H38BN3O2. The number of fused-ring (bicyclic) bond motifs is 3. The van der Waals surface area contributed by atoms with Crippen molar-refractivity contribution in [3.8, 4) is 44.8 Å². The molecule has 6 heteroatoms. The molecule has 8 aromatic rings. The van der Waals surface area contributed by atoms with Crippen molar-refractivity contribution >= 4 is 40.1 Å². The Hall–Kier alpha value is -5.56. The Bertz CT molecular complexity index is 2440. The molecule has 0 amide bonds. The fraction of sp³-hybridized carbons (Fsp3) is 0.136. The van der Waals surface area contributed by atoms with E-state index in [0.29, 0.717) is 13.3 Å². The van der Waals surface area contributed by atoms with Crippen LogP contribution in [-0.4, -0.2) is 38.4 Å². The smallest absolute Gasteiger partial charge is 0.310 e. The van der Waals surface area contributed by atoms with Crippen LogP contribution >= 0.6 is 0 Å². The maximum Gasteiger partial charge on any atom is 0.310 e. The first-order valence-corrected chi connectivity index (χ1v) is 17.1. The first kappa shape index (κ1) is 31.7. The largest absolute Gasteiger partial charge is 0.427 e. The minimum atomic E-state index is -1.00. The summed E-state index contributed by atoms with van der Waals surface area (Å²) in [5, 5.41) is 20.4. The molecule has 0 aliphatic rings. The molecule has 2 aromatic heterocycles. The zero-order valence-electron chi connectivity index (χ0n) is 28.8. The van der Waals surface area contributed by atoms with Gasteiger partial charge < -0.3 is 9.76 Å². The number of nitrogens with zero attached hydrogens (tertiary/aromatic N) is 3. The molecule has 50 heavy (non-hydrogen) atoms. The third-order valence-corrected chi connectivity index (χ3v) is 10.1. The summed E-state index contributed by atoms with van der Waals surface area (Å²) in [5.41, 5.74) is 7.69. The molecule has 0 fully saturated rings. The molecule has 0 aliphatic carbocycles. The molecule has 0 atom stereocenters. The van der Waals surface area contributed by atoms with Crippen LogP contribution < -0.4 is 5.46 Å². The predicted molar refractivity (Wildman–Crippen MR) is 208 cm³/mol. The van der Waals surface area contributed by atoms with Crippen LogP contribution in [-0.2, 0) is 4.65 Å². The van der Waals surface area contributed by atoms with Crippen molar-refractivity contribution in [1.82, 2.24) is 14.6 Å². The number of hydrogen-bond acceptors (Lipinski definition) is 4. The lowest BCUT2D eigenvalue weighted by molar-refractivity contribution is -0.0892. The number of aromatic nitrogens is 3. The highest BCUT2D eigenvalue weighted by Gasteiger charge is 2.36. The van der Waals surface area contributed by atoms with Gasteiger partial charge in [-0.1, -0.05) is 127 Å². The van der Waals surface area contributed by atoms with Gasteiger partial charge in [-0.3, -0.25) is 0 Å². The molecule has 6 aromatic carbocycles. The normalized spacial score (nSPS) is 12.2. The van der Waals surface area contributed by atoms with Gasteiger partial charge in [-0.05, 0) is 89.1 Å². The quantitative estimate of drug-likeness (QED) is 0.132. The van der Waals surface area contributed by atoms with Gasteiger partial charge in [0.2, 0.25) is 0 Å². The molecule has 8 rings (SSSR count). The first-order chi connectivity index (χ1) is 24.2. The molecule has 0 spiro atoms. The van der Waals surface area contributed by atoms with E-state index in [1.165, 1.54) is 0 Å². The van der Waals surface area contributed by atoms with Crippen molar-refractivity contribution < 1.29 is 9.76 Å². The second kappa shape index (κ2) is 12.4. The van der Waals surface area contributed by atoms with Crippen LogP contribution in [0.2, 0.25) is 0 Å². The molecule has 244 valence electrons. The molecule has 0 aliphatic heterocycles. The SMILES string of the molecule is CC(C)(O)C(C)(C)OBc1c2ccccc2c(-c2cccc(-c3nc4c(-c5ccccc5)cc(-c5ccccc5)cn4n3)c2)c2ccccc12. The lowest BCUT2D eigenvalue weighted by atomic mass is 9.75. The number of hydrogen-bond donors (Lipinski definition) is 1. The van der Waals surface area contributed by atoms with Crippen LogP contribution in [0.5, 0.6) is 0 Å². The summed E-state index contributed by atoms with van der Waals surface area (Å²) in [6, 6.07) is 48.6. The van der Waals surface area contributed by atoms with E-state index in [1.807, 2.05) is 30.5 Å². The molecule has 0 bridgehead atoms. The van der Waals surface area contributed by atoms with Gasteiger partial charge in [0.1, 0.15) is 0 Å². The second-order valence-corrected chi connectivity index (χ2v) is 14.0. The Kier molecular flexibility index (Phi) is 7.86. The fourth-order valence-corrected chi connectivity index (χ4v) is 6.66. The minimum absolute atomic E-state index is 0.373. The summed E-state index contributed by atoms with van der Waals surface area (Å²) in [5.74, 6) is 0.668. The summed E-state index contributed by atoms with van der Waals surface area (Å²) < 4.78 is 8.37. The summed E-state index contributed by atoms with van der Waals surface area (Å²) in [7, 11) is 0.373. The van der Waals surface area contributed by atoms with Gasteiger partial charge in [0.05, 0.1) is 11.2 Å². The molecule has 0 radical (unpaired) electrons. The van der Waals surface area contributed by atoms with Crippen molar-refractivity contribution in [2.45, 2.75) is 38.9 Å². The zero-order chi connectivity index (χ0) is 34.5. The van der Waals surface area contributed by atoms with Gasteiger partial charge in [0, 0.05) is 22.9 Å². The Morgan fingerprint density at radius 2 is 1.12 bits per heavy atom. The van der Waals surface area contributed by atoms with E-state index < -0.39 is 11.2 Å². The monoisotopic (exact) mass is 651 g/mol. The Labute approximate surface area is 293 Å². The third kappa shape index (κ3) is 5.66. The summed E-state index contributed by atoms with van der Waals surface area (Å²) >= 11 is 0. The van der Waals surface area contributed by atoms with E-state index in [-0.39, 0.29) is 0 Å². The van der Waals surface area contributed by atoms with E-state index >= 15 is 0 Å². The van der Waals surface area contributed by atoms with Gasteiger partial charge >= 0.3 is 7.48 Å². The Balaban J connectivity index is 1.28. The van der Waals surface area contributed by atoms with Crippen LogP contribution in [0, 0.1) is 0 Å². The lowest BCUT2D eigenvalue weighted by Gasteiger charge is -2.37. The number of rotatable bonds is 8. The maximum atomic E-state index is 10.8. The van der Waals surface area contributed by atoms with Crippen LogP contribution in [0.4, 0.5) is 0 Å². The molecule has 0 saturated heterocycles. The number of benzene rings is 6. The van der Waals surface area contributed by atoms with Crippen molar-refractivity contribution in [2.24, 2.45) is 0 Å². The highest BCUT2D eigenvalue weighted by atomic mass is 16.5. The van der Waals surface area contributed by atoms with Gasteiger partial charge in [-0.2, -0.15) is 0 Å². The molecule has 1 N–H and O–H groups in total. The van der Waals surface area contributed by atoms with E-state index in [9.17, 15) is 5.11 Å². The maximum absolute atomic E-state index is 10.8. The van der Waals surface area contributed by atoms with Crippen molar-refractivity contribution in [3.63, 3.8) is 0 Å². The first-order valence-electron chi connectivity index (χ1n) is 17.1. The highest BCUT2D eigenvalue weighted by molar-refractivity contribution is 6.57. The number of pyridine rings is 1. The van der Waals surface area contributed by atoms with E-state index in [1.54, 1.807) is 13.8 Å². The van der Waals surface area contributed by atoms with E-state index in [4.69, 9.17) is 14.7 Å². The summed E-state index contributed by atoms with van der Waals surface area (Å²) in [4.78, 5) is 5.15. The molecule has 2 heterocycles. The average molecular weight is 652 g/mol. The van der Waals surface area contributed by atoms with Crippen molar-refractivity contribution in [2.75, 3.05) is 0 Å². The van der Waals surface area contributed by atoms with Crippen molar-refractivity contribution in [3.05, 3.63) is 146 Å². The predicted octanol–water partition coefficient (Wildman–Crippen LogP) is 9.25. The topological polar surface area (TPSA) is 59.7 Å². The van der Waals surface area contributed by atoms with Crippen LogP contribution in [0.25, 0.3) is 72.0 Å². The fourth-order valence-electron chi connectivity index (χ4n) is 6.66. The molecule has 5 nitrogen and oxygen atoms in total. The molecule has 0 saturated carbocycles. The zero-order valence-corrected chi connectivity index (χ0v) is 28.8. The van der Waals surface area contributed by atoms with Gasteiger partial charge in [0.25, 0.3) is 0 Å². The number of aliphatic hydroxyl groups is 1. The minimum Gasteiger partial charge on any atom is -0.427 e. The summed E-state index contributed by atoms with van der Waals surface area (Å²) in [6.45, 7) is 7.47. The van der Waals surface area contributed by atoms with E-state index in [2.05, 4.69) is 134 Å². The molecule has 0 unspecified atom stereocenters. The van der Waals surface area contributed by atoms with Gasteiger partial charge in [-0.25, -0.2) is 9.50 Å². The Morgan fingerprint density at radius 3 is 1.74 bits per heavy atom. The van der Waals surface area contributed by atoms with E-state index in [0.717, 1.165) is 71.6 Å². The van der Waals surface area contributed by atoms with Crippen LogP contribution in [0.3, 0.4) is 0 Å². The highest BCUT2D eigenvalue weighted by Crippen LogP contribution is 2.38. The van der Waals surface area contributed by atoms with Crippen molar-refractivity contribution in [1.29, 1.82) is 0 Å². The second-order valence-electron chi connectivity index (χ2n) is 14.0. The van der Waals surface area contributed by atoms with Gasteiger partial charge in [0.15, 0.2) is 11.5 Å². The lowest BCUT2D eigenvalue weighted by Crippen LogP contribution is -2.49. The Morgan fingerprint density at radius 1 is 0.580 bits per heavy atom. The van der Waals surface area contributed by atoms with Gasteiger partial charge in [-0.15, -0.1) is 5.10 Å². The summed E-state index contributed by atoms with van der Waals surface area (Å²) in [6.07, 6.45) is 2.07. The van der Waals surface area contributed by atoms with Crippen LogP contribution in [0.15, 0.2) is 146 Å². The third-order valence-electron chi connectivity index (χ3n) is 10.1. The molecular weight excluding hydrogens is 613 g/mol. The standard InChI is InChI=1S/C44H38BN3O2/c1-43(2,49)44(3,4)50-45-40-36-24-13-11-22-34(36)39(35-23-12-14-25-37(35)40)31-20-15-21-32(26-31)41-46-42-38(30-18-9-6-10-19-30)27-33(28-48(42)47-41)29-16-7-5-8-17-29/h5-28,45,49H,1-4H3.